The first-order valence-electron chi connectivity index (χ1n) is 16.8. The fourth-order valence-electron chi connectivity index (χ4n) is 5.40. The third-order valence-electron chi connectivity index (χ3n) is 8.65. The van der Waals surface area contributed by atoms with Crippen molar-refractivity contribution in [3.05, 3.63) is 76.9 Å². The molecule has 0 aliphatic rings. The first kappa shape index (κ1) is 38.2. The highest BCUT2D eigenvalue weighted by atomic mass is 16.1. The summed E-state index contributed by atoms with van der Waals surface area (Å²) in [7, 11) is 0. The van der Waals surface area contributed by atoms with Gasteiger partial charge in [0.15, 0.2) is 0 Å². The Hall–Kier alpha value is -2.98. The average Bonchev–Trinajstić information content (AvgIpc) is 2.94. The van der Waals surface area contributed by atoms with Gasteiger partial charge in [-0.25, -0.2) is 0 Å². The van der Waals surface area contributed by atoms with Crippen molar-refractivity contribution in [2.45, 2.75) is 112 Å². The van der Waals surface area contributed by atoms with Crippen LogP contribution in [0.1, 0.15) is 111 Å². The topological polar surface area (TPSA) is 103 Å². The minimum absolute atomic E-state index is 0.0449. The summed E-state index contributed by atoms with van der Waals surface area (Å²) in [5, 5.41) is 20.6. The SMILES string of the molecule is CC(C)(C)CCNC(C)(C)CCNC(=O)C(C#N)=C(c1ccccc1)c1cccc(CCC(C)(C)CCNC(C)(C)CCN)c1. The molecule has 0 radical (unpaired) electrons. The molecule has 0 spiro atoms. The number of nitrogens with zero attached hydrogens (tertiary/aromatic N) is 1. The molecule has 2 aromatic carbocycles. The minimum Gasteiger partial charge on any atom is -0.351 e. The van der Waals surface area contributed by atoms with Crippen LogP contribution in [-0.2, 0) is 11.2 Å². The lowest BCUT2D eigenvalue weighted by Crippen LogP contribution is -2.43. The van der Waals surface area contributed by atoms with E-state index in [1.807, 2.05) is 42.5 Å². The maximum absolute atomic E-state index is 13.5. The normalized spacial score (nSPS) is 13.3. The zero-order valence-corrected chi connectivity index (χ0v) is 29.7. The molecule has 248 valence electrons. The van der Waals surface area contributed by atoms with Gasteiger partial charge in [-0.2, -0.15) is 5.26 Å². The molecule has 0 aliphatic carbocycles. The molecule has 0 saturated carbocycles. The number of nitrogens with one attached hydrogen (secondary N) is 3. The van der Waals surface area contributed by atoms with E-state index in [1.54, 1.807) is 0 Å². The van der Waals surface area contributed by atoms with E-state index in [1.165, 1.54) is 5.56 Å². The second-order valence-corrected chi connectivity index (χ2v) is 15.8. The molecule has 0 aromatic heterocycles. The summed E-state index contributed by atoms with van der Waals surface area (Å²) in [4.78, 5) is 13.5. The predicted octanol–water partition coefficient (Wildman–Crippen LogP) is 7.39. The summed E-state index contributed by atoms with van der Waals surface area (Å²) in [5.74, 6) is -0.335. The summed E-state index contributed by atoms with van der Waals surface area (Å²) in [6.07, 6.45) is 5.80. The van der Waals surface area contributed by atoms with Gasteiger partial charge in [0.05, 0.1) is 0 Å². The van der Waals surface area contributed by atoms with Crippen molar-refractivity contribution >= 4 is 11.5 Å². The molecular weight excluding hydrogens is 554 g/mol. The molecule has 45 heavy (non-hydrogen) atoms. The summed E-state index contributed by atoms with van der Waals surface area (Å²) in [6.45, 7) is 23.1. The zero-order valence-electron chi connectivity index (χ0n) is 29.7. The molecular formula is C39H61N5O. The van der Waals surface area contributed by atoms with Gasteiger partial charge in [-0.1, -0.05) is 89.2 Å². The third kappa shape index (κ3) is 14.3. The van der Waals surface area contributed by atoms with Crippen LogP contribution in [0.3, 0.4) is 0 Å². The van der Waals surface area contributed by atoms with Gasteiger partial charge in [0, 0.05) is 23.2 Å². The van der Waals surface area contributed by atoms with Crippen LogP contribution in [0.4, 0.5) is 0 Å². The van der Waals surface area contributed by atoms with Crippen LogP contribution in [0.15, 0.2) is 60.2 Å². The first-order valence-corrected chi connectivity index (χ1v) is 16.8. The number of hydrogen-bond donors (Lipinski definition) is 4. The van der Waals surface area contributed by atoms with E-state index in [0.717, 1.165) is 62.7 Å². The van der Waals surface area contributed by atoms with Gasteiger partial charge in [0.1, 0.15) is 11.6 Å². The maximum Gasteiger partial charge on any atom is 0.262 e. The van der Waals surface area contributed by atoms with Gasteiger partial charge in [-0.15, -0.1) is 0 Å². The van der Waals surface area contributed by atoms with Gasteiger partial charge in [0.2, 0.25) is 0 Å². The molecule has 1 amide bonds. The second-order valence-electron chi connectivity index (χ2n) is 15.8. The van der Waals surface area contributed by atoms with E-state index < -0.39 is 0 Å². The lowest BCUT2D eigenvalue weighted by atomic mass is 9.82. The van der Waals surface area contributed by atoms with Gasteiger partial charge in [-0.05, 0) is 113 Å². The molecule has 0 atom stereocenters. The lowest BCUT2D eigenvalue weighted by molar-refractivity contribution is -0.117. The smallest absolute Gasteiger partial charge is 0.262 e. The van der Waals surface area contributed by atoms with Crippen molar-refractivity contribution < 1.29 is 4.79 Å². The van der Waals surface area contributed by atoms with Crippen molar-refractivity contribution in [3.63, 3.8) is 0 Å². The number of nitrogens with two attached hydrogens (primary N) is 1. The molecule has 5 N–H and O–H groups in total. The van der Waals surface area contributed by atoms with Crippen molar-refractivity contribution in [2.75, 3.05) is 26.2 Å². The van der Waals surface area contributed by atoms with Crippen LogP contribution in [0.5, 0.6) is 0 Å². The van der Waals surface area contributed by atoms with Crippen LogP contribution in [0.2, 0.25) is 0 Å². The van der Waals surface area contributed by atoms with Gasteiger partial charge >= 0.3 is 0 Å². The molecule has 0 bridgehead atoms. The lowest BCUT2D eigenvalue weighted by Gasteiger charge is -2.30. The number of hydrogen-bond acceptors (Lipinski definition) is 5. The Kier molecular flexibility index (Phi) is 14.5. The quantitative estimate of drug-likeness (QED) is 0.103. The van der Waals surface area contributed by atoms with E-state index in [4.69, 9.17) is 5.73 Å². The van der Waals surface area contributed by atoms with Crippen molar-refractivity contribution in [1.82, 2.24) is 16.0 Å². The maximum atomic E-state index is 13.5. The van der Waals surface area contributed by atoms with Gasteiger partial charge < -0.3 is 21.7 Å². The number of rotatable bonds is 18. The second kappa shape index (κ2) is 17.1. The number of nitriles is 1. The fourth-order valence-corrected chi connectivity index (χ4v) is 5.40. The Morgan fingerprint density at radius 1 is 0.733 bits per heavy atom. The van der Waals surface area contributed by atoms with Crippen molar-refractivity contribution in [3.8, 4) is 6.07 Å². The first-order chi connectivity index (χ1) is 21.0. The molecule has 0 heterocycles. The Labute approximate surface area is 274 Å². The molecule has 0 unspecified atom stereocenters. The average molecular weight is 616 g/mol. The number of carbonyl (C=O) groups excluding carboxylic acids is 1. The van der Waals surface area contributed by atoms with E-state index in [-0.39, 0.29) is 33.4 Å². The summed E-state index contributed by atoms with van der Waals surface area (Å²) < 4.78 is 0. The highest BCUT2D eigenvalue weighted by Gasteiger charge is 2.23. The van der Waals surface area contributed by atoms with Gasteiger partial charge in [-0.3, -0.25) is 4.79 Å². The monoisotopic (exact) mass is 615 g/mol. The molecule has 6 heteroatoms. The van der Waals surface area contributed by atoms with E-state index >= 15 is 0 Å². The largest absolute Gasteiger partial charge is 0.351 e. The summed E-state index contributed by atoms with van der Waals surface area (Å²) in [6, 6.07) is 20.4. The van der Waals surface area contributed by atoms with E-state index in [2.05, 4.69) is 96.5 Å². The highest BCUT2D eigenvalue weighted by molar-refractivity contribution is 6.08. The van der Waals surface area contributed by atoms with Crippen LogP contribution < -0.4 is 21.7 Å². The summed E-state index contributed by atoms with van der Waals surface area (Å²) in [5.41, 5.74) is 9.88. The Bertz CT molecular complexity index is 1280. The van der Waals surface area contributed by atoms with Crippen LogP contribution >= 0.6 is 0 Å². The molecule has 2 rings (SSSR count). The number of carbonyl (C=O) groups is 1. The van der Waals surface area contributed by atoms with E-state index in [0.29, 0.717) is 18.7 Å². The Morgan fingerprint density at radius 3 is 1.93 bits per heavy atom. The van der Waals surface area contributed by atoms with Crippen molar-refractivity contribution in [2.24, 2.45) is 16.6 Å². The molecule has 0 fully saturated rings. The number of aryl methyl sites for hydroxylation is 1. The zero-order chi connectivity index (χ0) is 33.7. The predicted molar refractivity (Wildman–Crippen MR) is 191 cm³/mol. The van der Waals surface area contributed by atoms with Crippen LogP contribution in [-0.4, -0.2) is 43.2 Å². The number of benzene rings is 2. The number of amides is 1. The van der Waals surface area contributed by atoms with Crippen molar-refractivity contribution in [1.29, 1.82) is 5.26 Å². The molecule has 0 saturated heterocycles. The molecule has 6 nitrogen and oxygen atoms in total. The summed E-state index contributed by atoms with van der Waals surface area (Å²) >= 11 is 0. The van der Waals surface area contributed by atoms with Crippen LogP contribution in [0.25, 0.3) is 5.57 Å². The Balaban J connectivity index is 2.20. The Morgan fingerprint density at radius 2 is 1.33 bits per heavy atom. The highest BCUT2D eigenvalue weighted by Crippen LogP contribution is 2.31. The third-order valence-corrected chi connectivity index (χ3v) is 8.65. The minimum atomic E-state index is -0.335. The molecule has 2 aromatic rings. The van der Waals surface area contributed by atoms with E-state index in [9.17, 15) is 10.1 Å². The van der Waals surface area contributed by atoms with Gasteiger partial charge in [0.25, 0.3) is 5.91 Å². The standard InChI is InChI=1S/C39H61N5O/c1-36(2,3)21-26-43-39(8,9)23-25-42-35(45)33(29-41)34(31-15-11-10-12-16-31)32-17-13-14-30(28-32)18-19-37(4,5)22-27-44-38(6,7)20-24-40/h10-17,28,43-44H,18-27,40H2,1-9H3,(H,42,45). The fraction of sp³-hybridized carbons (Fsp3) is 0.590. The van der Waals surface area contributed by atoms with Crippen LogP contribution in [0, 0.1) is 22.2 Å². The molecule has 0 aliphatic heterocycles.